The second-order valence-corrected chi connectivity index (χ2v) is 3.55. The van der Waals surface area contributed by atoms with Gasteiger partial charge < -0.3 is 15.2 Å². The summed E-state index contributed by atoms with van der Waals surface area (Å²) in [5.74, 6) is 0.167. The molecule has 0 saturated carbocycles. The van der Waals surface area contributed by atoms with Crippen LogP contribution in [-0.4, -0.2) is 17.8 Å². The molecule has 0 aliphatic carbocycles. The van der Waals surface area contributed by atoms with Gasteiger partial charge in [0, 0.05) is 5.56 Å². The summed E-state index contributed by atoms with van der Waals surface area (Å²) in [6.07, 6.45) is -0.448. The van der Waals surface area contributed by atoms with E-state index in [1.54, 1.807) is 18.2 Å². The van der Waals surface area contributed by atoms with Crippen molar-refractivity contribution in [2.75, 3.05) is 6.61 Å². The van der Waals surface area contributed by atoms with Gasteiger partial charge in [0.25, 0.3) is 0 Å². The zero-order valence-electron chi connectivity index (χ0n) is 7.78. The molecule has 74 valence electrons. The van der Waals surface area contributed by atoms with E-state index in [9.17, 15) is 9.90 Å². The first-order chi connectivity index (χ1) is 6.62. The van der Waals surface area contributed by atoms with Crippen LogP contribution in [0.3, 0.4) is 0 Å². The first-order valence-corrected chi connectivity index (χ1v) is 4.35. The molecule has 14 heavy (non-hydrogen) atoms. The Bertz CT molecular complexity index is 377. The van der Waals surface area contributed by atoms with Gasteiger partial charge in [0.15, 0.2) is 0 Å². The molecule has 4 heteroatoms. The van der Waals surface area contributed by atoms with Gasteiger partial charge >= 0.3 is 6.09 Å². The number of benzene rings is 1. The van der Waals surface area contributed by atoms with Crippen molar-refractivity contribution in [1.29, 1.82) is 0 Å². The second kappa shape index (κ2) is 2.90. The minimum Gasteiger partial charge on any atom is -0.508 e. The lowest BCUT2D eigenvalue weighted by atomic mass is 9.93. The van der Waals surface area contributed by atoms with Crippen molar-refractivity contribution in [2.45, 2.75) is 12.5 Å². The Morgan fingerprint density at radius 3 is 2.79 bits per heavy atom. The monoisotopic (exact) mass is 193 g/mol. The van der Waals surface area contributed by atoms with Crippen LogP contribution < -0.4 is 5.32 Å². The number of cyclic esters (lactones) is 1. The van der Waals surface area contributed by atoms with Gasteiger partial charge in [-0.05, 0) is 13.0 Å². The van der Waals surface area contributed by atoms with Crippen LogP contribution in [0.2, 0.25) is 0 Å². The smallest absolute Gasteiger partial charge is 0.408 e. The number of carbonyl (C=O) groups is 1. The van der Waals surface area contributed by atoms with E-state index in [-0.39, 0.29) is 12.4 Å². The number of ether oxygens (including phenoxy) is 1. The summed E-state index contributed by atoms with van der Waals surface area (Å²) in [6.45, 7) is 2.05. The van der Waals surface area contributed by atoms with Crippen molar-refractivity contribution in [3.63, 3.8) is 0 Å². The Kier molecular flexibility index (Phi) is 1.84. The highest BCUT2D eigenvalue weighted by Crippen LogP contribution is 2.31. The van der Waals surface area contributed by atoms with Crippen molar-refractivity contribution in [3.05, 3.63) is 29.8 Å². The molecule has 1 aliphatic heterocycles. The minimum absolute atomic E-state index is 0.167. The van der Waals surface area contributed by atoms with E-state index < -0.39 is 11.6 Å². The number of aromatic hydroxyl groups is 1. The normalized spacial score (nSPS) is 25.6. The fourth-order valence-corrected chi connectivity index (χ4v) is 1.59. The van der Waals surface area contributed by atoms with Crippen molar-refractivity contribution in [1.82, 2.24) is 5.32 Å². The number of rotatable bonds is 1. The molecule has 1 fully saturated rings. The minimum atomic E-state index is -0.623. The van der Waals surface area contributed by atoms with Gasteiger partial charge in [-0.25, -0.2) is 4.79 Å². The molecule has 1 saturated heterocycles. The molecular formula is C10H11NO3. The van der Waals surface area contributed by atoms with Gasteiger partial charge in [0.2, 0.25) is 0 Å². The van der Waals surface area contributed by atoms with Gasteiger partial charge in [-0.2, -0.15) is 0 Å². The van der Waals surface area contributed by atoms with Crippen LogP contribution in [-0.2, 0) is 10.3 Å². The third-order valence-corrected chi connectivity index (χ3v) is 2.37. The summed E-state index contributed by atoms with van der Waals surface area (Å²) in [5.41, 5.74) is 0.0495. The van der Waals surface area contributed by atoms with Crippen LogP contribution in [0.5, 0.6) is 5.75 Å². The molecule has 2 rings (SSSR count). The summed E-state index contributed by atoms with van der Waals surface area (Å²) in [5, 5.41) is 12.3. The van der Waals surface area contributed by atoms with Crippen LogP contribution in [0.1, 0.15) is 12.5 Å². The maximum atomic E-state index is 10.9. The molecule has 0 bridgehead atoms. The average molecular weight is 193 g/mol. The Hall–Kier alpha value is -1.71. The first kappa shape index (κ1) is 8.87. The number of nitrogens with one attached hydrogen (secondary N) is 1. The van der Waals surface area contributed by atoms with Crippen molar-refractivity contribution in [3.8, 4) is 5.75 Å². The molecule has 4 nitrogen and oxygen atoms in total. The van der Waals surface area contributed by atoms with Gasteiger partial charge in [0.1, 0.15) is 17.9 Å². The highest BCUT2D eigenvalue weighted by molar-refractivity contribution is 5.71. The molecule has 1 amide bonds. The molecular weight excluding hydrogens is 182 g/mol. The average Bonchev–Trinajstić information content (AvgIpc) is 2.48. The van der Waals surface area contributed by atoms with Crippen LogP contribution in [0, 0.1) is 0 Å². The first-order valence-electron chi connectivity index (χ1n) is 4.35. The molecule has 0 aromatic heterocycles. The van der Waals surface area contributed by atoms with Crippen LogP contribution >= 0.6 is 0 Å². The molecule has 1 aliphatic rings. The predicted octanol–water partition coefficient (Wildman–Crippen LogP) is 1.35. The van der Waals surface area contributed by atoms with E-state index in [1.165, 1.54) is 0 Å². The Labute approximate surface area is 81.5 Å². The van der Waals surface area contributed by atoms with Gasteiger partial charge in [-0.15, -0.1) is 0 Å². The van der Waals surface area contributed by atoms with E-state index >= 15 is 0 Å². The van der Waals surface area contributed by atoms with E-state index in [1.807, 2.05) is 13.0 Å². The number of phenols is 1. The lowest BCUT2D eigenvalue weighted by Gasteiger charge is -2.22. The summed E-state index contributed by atoms with van der Waals surface area (Å²) in [4.78, 5) is 10.9. The largest absolute Gasteiger partial charge is 0.508 e. The number of carbonyl (C=O) groups excluding carboxylic acids is 1. The molecule has 1 unspecified atom stereocenters. The van der Waals surface area contributed by atoms with Crippen LogP contribution in [0.15, 0.2) is 24.3 Å². The molecule has 2 N–H and O–H groups in total. The van der Waals surface area contributed by atoms with Crippen molar-refractivity contribution >= 4 is 6.09 Å². The molecule has 0 radical (unpaired) electrons. The fourth-order valence-electron chi connectivity index (χ4n) is 1.59. The molecule has 1 aromatic rings. The third kappa shape index (κ3) is 1.28. The lowest BCUT2D eigenvalue weighted by Crippen LogP contribution is -2.37. The summed E-state index contributed by atoms with van der Waals surface area (Å²) in [7, 11) is 0. The Morgan fingerprint density at radius 2 is 2.21 bits per heavy atom. The molecule has 1 heterocycles. The number of para-hydroxylation sites is 1. The molecule has 1 atom stereocenters. The van der Waals surface area contributed by atoms with Gasteiger partial charge in [-0.3, -0.25) is 0 Å². The topological polar surface area (TPSA) is 58.6 Å². The number of amides is 1. The van der Waals surface area contributed by atoms with E-state index in [4.69, 9.17) is 4.74 Å². The molecule has 1 aromatic carbocycles. The summed E-state index contributed by atoms with van der Waals surface area (Å²) < 4.78 is 4.82. The van der Waals surface area contributed by atoms with E-state index in [0.717, 1.165) is 0 Å². The van der Waals surface area contributed by atoms with Crippen LogP contribution in [0.4, 0.5) is 4.79 Å². The number of phenolic OH excluding ortho intramolecular Hbond substituents is 1. The van der Waals surface area contributed by atoms with Crippen molar-refractivity contribution in [2.24, 2.45) is 0 Å². The van der Waals surface area contributed by atoms with E-state index in [0.29, 0.717) is 5.56 Å². The highest BCUT2D eigenvalue weighted by atomic mass is 16.6. The zero-order valence-corrected chi connectivity index (χ0v) is 7.78. The predicted molar refractivity (Wildman–Crippen MR) is 49.9 cm³/mol. The van der Waals surface area contributed by atoms with Gasteiger partial charge in [0.05, 0.1) is 0 Å². The standard InChI is InChI=1S/C10H11NO3/c1-10(6-14-9(13)11-10)7-4-2-3-5-8(7)12/h2-5,12H,6H2,1H3,(H,11,13). The summed E-state index contributed by atoms with van der Waals surface area (Å²) >= 11 is 0. The number of hydrogen-bond donors (Lipinski definition) is 2. The van der Waals surface area contributed by atoms with Crippen LogP contribution in [0.25, 0.3) is 0 Å². The van der Waals surface area contributed by atoms with Crippen molar-refractivity contribution < 1.29 is 14.6 Å². The molecule has 0 spiro atoms. The van der Waals surface area contributed by atoms with E-state index in [2.05, 4.69) is 5.32 Å². The Morgan fingerprint density at radius 1 is 1.50 bits per heavy atom. The van der Waals surface area contributed by atoms with Gasteiger partial charge in [-0.1, -0.05) is 18.2 Å². The maximum absolute atomic E-state index is 10.9. The summed E-state index contributed by atoms with van der Waals surface area (Å²) in [6, 6.07) is 6.90. The highest BCUT2D eigenvalue weighted by Gasteiger charge is 2.38. The lowest BCUT2D eigenvalue weighted by molar-refractivity contribution is 0.173. The Balaban J connectivity index is 2.40. The number of hydrogen-bond acceptors (Lipinski definition) is 3. The number of alkyl carbamates (subject to hydrolysis) is 1. The zero-order chi connectivity index (χ0) is 10.2. The SMILES string of the molecule is CC1(c2ccccc2O)COC(=O)N1. The second-order valence-electron chi connectivity index (χ2n) is 3.55. The quantitative estimate of drug-likeness (QED) is 0.707. The third-order valence-electron chi connectivity index (χ3n) is 2.37. The maximum Gasteiger partial charge on any atom is 0.408 e. The fraction of sp³-hybridized carbons (Fsp3) is 0.300.